The monoisotopic (exact) mass is 374 g/mol. The maximum absolute atomic E-state index is 12.5. The van der Waals surface area contributed by atoms with Crippen molar-refractivity contribution in [1.29, 1.82) is 0 Å². The molecule has 1 fully saturated rings. The number of thiazole rings is 1. The van der Waals surface area contributed by atoms with Crippen molar-refractivity contribution in [1.82, 2.24) is 9.88 Å². The van der Waals surface area contributed by atoms with Gasteiger partial charge in [0.1, 0.15) is 5.41 Å². The number of aliphatic hydroxyl groups excluding tert-OH is 1. The maximum Gasteiger partial charge on any atom is 0.312 e. The molecule has 0 unspecified atom stereocenters. The lowest BCUT2D eigenvalue weighted by molar-refractivity contribution is -0.165. The molecule has 2 atom stereocenters. The number of carbonyl (C=O) groups excluding carboxylic acids is 1. The zero-order valence-electron chi connectivity index (χ0n) is 14.6. The zero-order chi connectivity index (χ0) is 18.7. The molecule has 1 aliphatic heterocycles. The van der Waals surface area contributed by atoms with Gasteiger partial charge >= 0.3 is 5.97 Å². The van der Waals surface area contributed by atoms with E-state index in [2.05, 4.69) is 4.98 Å². The Kier molecular flexibility index (Phi) is 5.38. The smallest absolute Gasteiger partial charge is 0.312 e. The van der Waals surface area contributed by atoms with E-state index in [4.69, 9.17) is 0 Å². The van der Waals surface area contributed by atoms with Crippen LogP contribution in [0.2, 0.25) is 0 Å². The van der Waals surface area contributed by atoms with Crippen LogP contribution in [0.25, 0.3) is 0 Å². The van der Waals surface area contributed by atoms with Crippen LogP contribution in [0.1, 0.15) is 22.7 Å². The molecule has 7 heteroatoms. The van der Waals surface area contributed by atoms with Gasteiger partial charge in [-0.15, -0.1) is 11.3 Å². The van der Waals surface area contributed by atoms with E-state index in [1.165, 1.54) is 11.3 Å². The van der Waals surface area contributed by atoms with E-state index >= 15 is 0 Å². The fourth-order valence-corrected chi connectivity index (χ4v) is 4.06. The van der Waals surface area contributed by atoms with Gasteiger partial charge in [0.2, 0.25) is 5.91 Å². The standard InChI is InChI=1S/C19H22N2O4S/c1-13-20-15(12-26-13)9-17(23)21-8-7-19(18(24)25,16(22)11-21)10-14-5-3-2-4-6-14/h2-6,12,16,22H,7-11H2,1H3,(H,24,25)/t16-,19-/m1/s1. The summed E-state index contributed by atoms with van der Waals surface area (Å²) in [6.45, 7) is 2.23. The first-order chi connectivity index (χ1) is 12.4. The van der Waals surface area contributed by atoms with Gasteiger partial charge in [0.05, 0.1) is 23.2 Å². The summed E-state index contributed by atoms with van der Waals surface area (Å²) in [4.78, 5) is 30.3. The van der Waals surface area contributed by atoms with E-state index < -0.39 is 17.5 Å². The van der Waals surface area contributed by atoms with Crippen molar-refractivity contribution in [2.24, 2.45) is 5.41 Å². The minimum Gasteiger partial charge on any atom is -0.481 e. The first kappa shape index (κ1) is 18.5. The highest BCUT2D eigenvalue weighted by Crippen LogP contribution is 2.36. The van der Waals surface area contributed by atoms with Gasteiger partial charge in [-0.1, -0.05) is 30.3 Å². The number of hydrogen-bond donors (Lipinski definition) is 2. The molecular weight excluding hydrogens is 352 g/mol. The molecule has 1 saturated heterocycles. The van der Waals surface area contributed by atoms with E-state index in [1.54, 1.807) is 4.90 Å². The number of benzene rings is 1. The first-order valence-electron chi connectivity index (χ1n) is 8.55. The van der Waals surface area contributed by atoms with Crippen molar-refractivity contribution >= 4 is 23.2 Å². The van der Waals surface area contributed by atoms with Crippen LogP contribution in [0.5, 0.6) is 0 Å². The van der Waals surface area contributed by atoms with Gasteiger partial charge in [-0.25, -0.2) is 4.98 Å². The SMILES string of the molecule is Cc1nc(CC(=O)N2CC[C@](Cc3ccccc3)(C(=O)O)[C@H](O)C2)cs1. The largest absolute Gasteiger partial charge is 0.481 e. The molecule has 2 aromatic rings. The molecule has 0 bridgehead atoms. The molecule has 1 aliphatic rings. The molecule has 1 aromatic heterocycles. The van der Waals surface area contributed by atoms with Crippen LogP contribution < -0.4 is 0 Å². The van der Waals surface area contributed by atoms with Crippen LogP contribution in [-0.2, 0) is 22.4 Å². The summed E-state index contributed by atoms with van der Waals surface area (Å²) in [7, 11) is 0. The molecule has 2 N–H and O–H groups in total. The average Bonchev–Trinajstić information content (AvgIpc) is 3.02. The van der Waals surface area contributed by atoms with Crippen LogP contribution in [0.4, 0.5) is 0 Å². The van der Waals surface area contributed by atoms with Gasteiger partial charge < -0.3 is 15.1 Å². The summed E-state index contributed by atoms with van der Waals surface area (Å²) in [5.41, 5.74) is 0.313. The molecular formula is C19H22N2O4S. The van der Waals surface area contributed by atoms with Gasteiger partial charge in [-0.05, 0) is 25.3 Å². The third-order valence-electron chi connectivity index (χ3n) is 5.00. The fraction of sp³-hybridized carbons (Fsp3) is 0.421. The summed E-state index contributed by atoms with van der Waals surface area (Å²) in [5.74, 6) is -1.15. The predicted molar refractivity (Wildman–Crippen MR) is 98.0 cm³/mol. The highest BCUT2D eigenvalue weighted by atomic mass is 32.1. The molecule has 3 rings (SSSR count). The van der Waals surface area contributed by atoms with Crippen molar-refractivity contribution in [3.63, 3.8) is 0 Å². The summed E-state index contributed by atoms with van der Waals surface area (Å²) in [6.07, 6.45) is -0.469. The van der Waals surface area contributed by atoms with Crippen molar-refractivity contribution < 1.29 is 19.8 Å². The second-order valence-corrected chi connectivity index (χ2v) is 7.83. The Balaban J connectivity index is 1.70. The minimum atomic E-state index is -1.27. The lowest BCUT2D eigenvalue weighted by atomic mass is 9.71. The number of rotatable bonds is 5. The number of hydrogen-bond acceptors (Lipinski definition) is 5. The van der Waals surface area contributed by atoms with Crippen molar-refractivity contribution in [2.45, 2.75) is 32.3 Å². The Morgan fingerprint density at radius 2 is 2.08 bits per heavy atom. The van der Waals surface area contributed by atoms with Gasteiger partial charge in [0.15, 0.2) is 0 Å². The van der Waals surface area contributed by atoms with E-state index in [0.29, 0.717) is 12.2 Å². The molecule has 0 spiro atoms. The van der Waals surface area contributed by atoms with Gasteiger partial charge in [0.25, 0.3) is 0 Å². The van der Waals surface area contributed by atoms with Crippen molar-refractivity contribution in [3.8, 4) is 0 Å². The number of piperidine rings is 1. The topological polar surface area (TPSA) is 90.7 Å². The Morgan fingerprint density at radius 1 is 1.35 bits per heavy atom. The summed E-state index contributed by atoms with van der Waals surface area (Å²) >= 11 is 1.49. The van der Waals surface area contributed by atoms with E-state index in [1.807, 2.05) is 42.6 Å². The molecule has 6 nitrogen and oxygen atoms in total. The minimum absolute atomic E-state index is 0.0289. The number of aryl methyl sites for hydroxylation is 1. The van der Waals surface area contributed by atoms with Crippen molar-refractivity contribution in [3.05, 3.63) is 52.0 Å². The third kappa shape index (κ3) is 3.78. The summed E-state index contributed by atoms with van der Waals surface area (Å²) < 4.78 is 0. The quantitative estimate of drug-likeness (QED) is 0.834. The second-order valence-electron chi connectivity index (χ2n) is 6.76. The Labute approximate surface area is 156 Å². The molecule has 138 valence electrons. The van der Waals surface area contributed by atoms with Crippen LogP contribution in [-0.4, -0.2) is 51.2 Å². The second kappa shape index (κ2) is 7.55. The van der Waals surface area contributed by atoms with Crippen molar-refractivity contribution in [2.75, 3.05) is 13.1 Å². The third-order valence-corrected chi connectivity index (χ3v) is 5.82. The molecule has 26 heavy (non-hydrogen) atoms. The number of carboxylic acid groups (broad SMARTS) is 1. The lowest BCUT2D eigenvalue weighted by Crippen LogP contribution is -2.57. The predicted octanol–water partition coefficient (Wildman–Crippen LogP) is 1.90. The Morgan fingerprint density at radius 3 is 2.65 bits per heavy atom. The molecule has 0 radical (unpaired) electrons. The number of likely N-dealkylation sites (tertiary alicyclic amines) is 1. The van der Waals surface area contributed by atoms with Crippen LogP contribution in [0, 0.1) is 12.3 Å². The molecule has 1 aromatic carbocycles. The number of nitrogens with zero attached hydrogens (tertiary/aromatic N) is 2. The number of aromatic nitrogens is 1. The number of carbonyl (C=O) groups is 2. The fourth-order valence-electron chi connectivity index (χ4n) is 3.45. The molecule has 1 amide bonds. The Bertz CT molecular complexity index is 792. The number of carboxylic acids is 1. The molecule has 0 saturated carbocycles. The van der Waals surface area contributed by atoms with Crippen LogP contribution in [0.15, 0.2) is 35.7 Å². The number of aliphatic carboxylic acids is 1. The number of amides is 1. The molecule has 2 heterocycles. The lowest BCUT2D eigenvalue weighted by Gasteiger charge is -2.42. The van der Waals surface area contributed by atoms with Gasteiger partial charge in [-0.2, -0.15) is 0 Å². The normalized spacial score (nSPS) is 23.0. The van der Waals surface area contributed by atoms with E-state index in [0.717, 1.165) is 10.6 Å². The van der Waals surface area contributed by atoms with Gasteiger partial charge in [-0.3, -0.25) is 9.59 Å². The van der Waals surface area contributed by atoms with E-state index in [-0.39, 0.29) is 31.7 Å². The average molecular weight is 374 g/mol. The number of β-amino-alcohol motifs (C(OH)–C–C–N with tert-alkyl or cyclic N) is 1. The van der Waals surface area contributed by atoms with Crippen LogP contribution in [0.3, 0.4) is 0 Å². The molecule has 0 aliphatic carbocycles. The zero-order valence-corrected chi connectivity index (χ0v) is 15.4. The highest BCUT2D eigenvalue weighted by Gasteiger charge is 2.49. The summed E-state index contributed by atoms with van der Waals surface area (Å²) in [6, 6.07) is 9.30. The van der Waals surface area contributed by atoms with Crippen LogP contribution >= 0.6 is 11.3 Å². The van der Waals surface area contributed by atoms with E-state index in [9.17, 15) is 19.8 Å². The Hall–Kier alpha value is -2.25. The maximum atomic E-state index is 12.5. The summed E-state index contributed by atoms with van der Waals surface area (Å²) in [5, 5.41) is 23.2. The number of aliphatic hydroxyl groups is 1. The van der Waals surface area contributed by atoms with Gasteiger partial charge in [0, 0.05) is 18.5 Å². The first-order valence-corrected chi connectivity index (χ1v) is 9.43. The highest BCUT2D eigenvalue weighted by molar-refractivity contribution is 7.09.